The summed E-state index contributed by atoms with van der Waals surface area (Å²) >= 11 is 0. The molecule has 4 nitrogen and oxygen atoms in total. The van der Waals surface area contributed by atoms with Gasteiger partial charge in [0, 0.05) is 19.4 Å². The van der Waals surface area contributed by atoms with Gasteiger partial charge in [0.1, 0.15) is 0 Å². The van der Waals surface area contributed by atoms with Crippen LogP contribution in [-0.4, -0.2) is 24.0 Å². The van der Waals surface area contributed by atoms with Crippen molar-refractivity contribution >= 4 is 11.8 Å². The van der Waals surface area contributed by atoms with Crippen LogP contribution in [0.25, 0.3) is 0 Å². The topological polar surface area (TPSA) is 55.4 Å². The van der Waals surface area contributed by atoms with Crippen LogP contribution < -0.4 is 5.32 Å². The number of piperidine rings is 1. The fourth-order valence-corrected chi connectivity index (χ4v) is 2.87. The van der Waals surface area contributed by atoms with Gasteiger partial charge in [-0.3, -0.25) is 14.9 Å². The summed E-state index contributed by atoms with van der Waals surface area (Å²) in [5.74, 6) is 0.0724. The molecule has 2 fully saturated rings. The maximum absolute atomic E-state index is 12.0. The molecule has 4 heteroatoms. The Kier molecular flexibility index (Phi) is 4.05. The van der Waals surface area contributed by atoms with Crippen LogP contribution in [0.15, 0.2) is 0 Å². The van der Waals surface area contributed by atoms with Gasteiger partial charge in [-0.25, -0.2) is 0 Å². The van der Waals surface area contributed by atoms with E-state index in [1.165, 1.54) is 0 Å². The third-order valence-corrected chi connectivity index (χ3v) is 4.09. The highest BCUT2D eigenvalue weighted by atomic mass is 16.6. The Morgan fingerprint density at radius 1 is 1.56 bits per heavy atom. The highest BCUT2D eigenvalue weighted by molar-refractivity contribution is 5.92. The normalized spacial score (nSPS) is 31.7. The Bertz CT molecular complexity index is 342. The molecular weight excluding hydrogens is 230 g/mol. The molecule has 1 saturated heterocycles. The average Bonchev–Trinajstić information content (AvgIpc) is 2.85. The van der Waals surface area contributed by atoms with Crippen molar-refractivity contribution in [3.8, 4) is 0 Å². The number of ketones is 1. The van der Waals surface area contributed by atoms with Gasteiger partial charge in [0.25, 0.3) is 0 Å². The van der Waals surface area contributed by atoms with Crippen LogP contribution in [0.1, 0.15) is 52.4 Å². The largest absolute Gasteiger partial charge is 0.436 e. The van der Waals surface area contributed by atoms with E-state index in [9.17, 15) is 9.59 Å². The Hall–Kier alpha value is -0.900. The van der Waals surface area contributed by atoms with E-state index in [1.54, 1.807) is 0 Å². The molecule has 0 spiro atoms. The van der Waals surface area contributed by atoms with E-state index in [2.05, 4.69) is 12.2 Å². The Balaban J connectivity index is 1.85. The number of esters is 1. The van der Waals surface area contributed by atoms with E-state index in [0.29, 0.717) is 18.8 Å². The molecule has 1 saturated carbocycles. The van der Waals surface area contributed by atoms with Crippen molar-refractivity contribution in [2.75, 3.05) is 6.54 Å². The molecule has 2 bridgehead atoms. The Labute approximate surface area is 108 Å². The predicted octanol–water partition coefficient (Wildman–Crippen LogP) is 2.02. The van der Waals surface area contributed by atoms with Crippen molar-refractivity contribution in [3.63, 3.8) is 0 Å². The summed E-state index contributed by atoms with van der Waals surface area (Å²) in [4.78, 5) is 23.8. The van der Waals surface area contributed by atoms with Gasteiger partial charge in [-0.1, -0.05) is 33.1 Å². The summed E-state index contributed by atoms with van der Waals surface area (Å²) in [6.07, 6.45) is 5.41. The number of carbonyl (C=O) groups excluding carboxylic acids is 2. The first kappa shape index (κ1) is 13.5. The molecule has 102 valence electrons. The van der Waals surface area contributed by atoms with Gasteiger partial charge in [-0.05, 0) is 12.3 Å². The summed E-state index contributed by atoms with van der Waals surface area (Å²) < 4.78 is 5.49. The molecule has 3 atom stereocenters. The van der Waals surface area contributed by atoms with Crippen molar-refractivity contribution in [2.24, 2.45) is 11.8 Å². The van der Waals surface area contributed by atoms with Crippen molar-refractivity contribution in [1.29, 1.82) is 0 Å². The molecule has 1 N–H and O–H groups in total. The highest BCUT2D eigenvalue weighted by Gasteiger charge is 2.55. The molecule has 0 amide bonds. The SMILES string of the molecule is CCCCCC(C)C(=O)OC12CC(CN1)CC2=O. The molecule has 0 aromatic heterocycles. The number of fused-ring (bicyclic) bond motifs is 2. The van der Waals surface area contributed by atoms with E-state index in [1.807, 2.05) is 6.92 Å². The van der Waals surface area contributed by atoms with Gasteiger partial charge >= 0.3 is 5.97 Å². The second-order valence-electron chi connectivity index (χ2n) is 5.72. The van der Waals surface area contributed by atoms with Gasteiger partial charge in [-0.2, -0.15) is 0 Å². The van der Waals surface area contributed by atoms with E-state index in [-0.39, 0.29) is 17.7 Å². The molecule has 1 heterocycles. The number of carbonyl (C=O) groups is 2. The molecule has 1 aliphatic carbocycles. The average molecular weight is 253 g/mol. The zero-order valence-corrected chi connectivity index (χ0v) is 11.3. The van der Waals surface area contributed by atoms with E-state index >= 15 is 0 Å². The quantitative estimate of drug-likeness (QED) is 0.581. The van der Waals surface area contributed by atoms with Crippen LogP contribution in [-0.2, 0) is 14.3 Å². The lowest BCUT2D eigenvalue weighted by molar-refractivity contribution is -0.171. The monoisotopic (exact) mass is 253 g/mol. The first-order chi connectivity index (χ1) is 8.57. The summed E-state index contributed by atoms with van der Waals surface area (Å²) in [6, 6.07) is 0. The minimum absolute atomic E-state index is 0.0489. The van der Waals surface area contributed by atoms with Crippen LogP contribution in [0.5, 0.6) is 0 Å². The molecule has 18 heavy (non-hydrogen) atoms. The van der Waals surface area contributed by atoms with Gasteiger partial charge in [0.05, 0.1) is 5.92 Å². The first-order valence-corrected chi connectivity index (χ1v) is 7.08. The van der Waals surface area contributed by atoms with Crippen molar-refractivity contribution in [1.82, 2.24) is 5.32 Å². The third-order valence-electron chi connectivity index (χ3n) is 4.09. The van der Waals surface area contributed by atoms with Crippen molar-refractivity contribution in [3.05, 3.63) is 0 Å². The molecule has 2 rings (SSSR count). The fourth-order valence-electron chi connectivity index (χ4n) is 2.87. The summed E-state index contributed by atoms with van der Waals surface area (Å²) in [5.41, 5.74) is -0.971. The number of Topliss-reactive ketones (excluding diaryl/α,β-unsaturated/α-hetero) is 1. The lowest BCUT2D eigenvalue weighted by Gasteiger charge is -2.27. The van der Waals surface area contributed by atoms with Crippen LogP contribution in [0.2, 0.25) is 0 Å². The molecule has 0 aromatic rings. The van der Waals surface area contributed by atoms with E-state index < -0.39 is 5.72 Å². The minimum Gasteiger partial charge on any atom is -0.436 e. The number of unbranched alkanes of at least 4 members (excludes halogenated alkanes) is 2. The maximum atomic E-state index is 12.0. The molecule has 0 radical (unpaired) electrons. The van der Waals surface area contributed by atoms with Gasteiger partial charge in [0.2, 0.25) is 5.72 Å². The van der Waals surface area contributed by atoms with Crippen LogP contribution >= 0.6 is 0 Å². The van der Waals surface area contributed by atoms with Crippen LogP contribution in [0, 0.1) is 11.8 Å². The number of rotatable bonds is 6. The molecule has 0 aromatic carbocycles. The summed E-state index contributed by atoms with van der Waals surface area (Å²) in [7, 11) is 0. The smallest absolute Gasteiger partial charge is 0.310 e. The number of hydrogen-bond donors (Lipinski definition) is 1. The van der Waals surface area contributed by atoms with Crippen LogP contribution in [0.4, 0.5) is 0 Å². The van der Waals surface area contributed by atoms with E-state index in [0.717, 1.165) is 32.2 Å². The number of hydrogen-bond acceptors (Lipinski definition) is 4. The predicted molar refractivity (Wildman–Crippen MR) is 67.9 cm³/mol. The lowest BCUT2D eigenvalue weighted by atomic mass is 10.0. The second-order valence-corrected chi connectivity index (χ2v) is 5.72. The summed E-state index contributed by atoms with van der Waals surface area (Å²) in [6.45, 7) is 4.82. The van der Waals surface area contributed by atoms with Gasteiger partial charge in [-0.15, -0.1) is 0 Å². The molecule has 1 aliphatic heterocycles. The molecular formula is C14H23NO3. The van der Waals surface area contributed by atoms with E-state index in [4.69, 9.17) is 4.74 Å². The minimum atomic E-state index is -0.971. The first-order valence-electron chi connectivity index (χ1n) is 7.08. The maximum Gasteiger partial charge on any atom is 0.310 e. The van der Waals surface area contributed by atoms with Gasteiger partial charge in [0.15, 0.2) is 5.78 Å². The van der Waals surface area contributed by atoms with Gasteiger partial charge < -0.3 is 4.74 Å². The van der Waals surface area contributed by atoms with Crippen LogP contribution in [0.3, 0.4) is 0 Å². The zero-order chi connectivity index (χ0) is 13.2. The Morgan fingerprint density at radius 3 is 2.89 bits per heavy atom. The molecule has 3 unspecified atom stereocenters. The zero-order valence-electron chi connectivity index (χ0n) is 11.3. The van der Waals surface area contributed by atoms with Crippen molar-refractivity contribution in [2.45, 2.75) is 58.1 Å². The lowest BCUT2D eigenvalue weighted by Crippen LogP contribution is -2.51. The number of nitrogens with one attached hydrogen (secondary N) is 1. The standard InChI is InChI=1S/C14H23NO3/c1-3-4-5-6-10(2)13(17)18-14-8-11(9-15-14)7-12(14)16/h10-11,15H,3-9H2,1-2H3. The summed E-state index contributed by atoms with van der Waals surface area (Å²) in [5, 5.41) is 3.08. The highest BCUT2D eigenvalue weighted by Crippen LogP contribution is 2.38. The fraction of sp³-hybridized carbons (Fsp3) is 0.857. The van der Waals surface area contributed by atoms with Crippen molar-refractivity contribution < 1.29 is 14.3 Å². The second kappa shape index (κ2) is 5.39. The molecule has 2 aliphatic rings. The third kappa shape index (κ3) is 2.58. The Morgan fingerprint density at radius 2 is 2.33 bits per heavy atom. The number of ether oxygens (including phenoxy) is 1.